The summed E-state index contributed by atoms with van der Waals surface area (Å²) >= 11 is 12.0. The third-order valence-electron chi connectivity index (χ3n) is 5.80. The Balaban J connectivity index is 1.73. The second-order valence-corrected chi connectivity index (χ2v) is 8.65. The molecule has 0 saturated heterocycles. The predicted molar refractivity (Wildman–Crippen MR) is 118 cm³/mol. The minimum Gasteiger partial charge on any atom is -0.481 e. The van der Waals surface area contributed by atoms with Gasteiger partial charge >= 0.3 is 11.7 Å². The number of carboxylic acid groups (broad SMARTS) is 1. The lowest BCUT2D eigenvalue weighted by atomic mass is 10.1. The standard InChI is InChI=1S/C20H21Cl2N5O4/c1-25-15-16(24-19(25)23-12-5-4-11(8-12)18(29)30)26(2)20(31)27(17(15)28)9-10-3-6-13(21)14(22)7-10/h3,6-7,11-12H,4-5,8-9H2,1-2H3,(H,23,24)(H,29,30)/t11-,12+/m0/s1. The first-order valence-electron chi connectivity index (χ1n) is 9.77. The van der Waals surface area contributed by atoms with Crippen LogP contribution in [-0.2, 0) is 25.4 Å². The van der Waals surface area contributed by atoms with Crippen molar-refractivity contribution < 1.29 is 9.90 Å². The maximum atomic E-state index is 13.2. The molecule has 9 nitrogen and oxygen atoms in total. The Hall–Kier alpha value is -2.78. The monoisotopic (exact) mass is 465 g/mol. The average molecular weight is 466 g/mol. The molecule has 0 spiro atoms. The number of hydrogen-bond acceptors (Lipinski definition) is 5. The number of anilines is 1. The molecule has 1 aliphatic rings. The van der Waals surface area contributed by atoms with Crippen LogP contribution >= 0.6 is 23.2 Å². The van der Waals surface area contributed by atoms with Crippen molar-refractivity contribution in [3.63, 3.8) is 0 Å². The molecule has 31 heavy (non-hydrogen) atoms. The molecule has 2 aromatic heterocycles. The molecule has 1 aromatic carbocycles. The minimum absolute atomic E-state index is 0.0369. The molecule has 0 bridgehead atoms. The second-order valence-electron chi connectivity index (χ2n) is 7.84. The fourth-order valence-corrected chi connectivity index (χ4v) is 4.37. The number of halogens is 2. The molecular weight excluding hydrogens is 445 g/mol. The molecule has 0 unspecified atom stereocenters. The van der Waals surface area contributed by atoms with Crippen molar-refractivity contribution in [1.82, 2.24) is 18.7 Å². The van der Waals surface area contributed by atoms with Crippen LogP contribution in [-0.4, -0.2) is 35.8 Å². The lowest BCUT2D eigenvalue weighted by Crippen LogP contribution is -2.39. The highest BCUT2D eigenvalue weighted by molar-refractivity contribution is 6.42. The van der Waals surface area contributed by atoms with Gasteiger partial charge in [0.25, 0.3) is 5.56 Å². The van der Waals surface area contributed by atoms with Gasteiger partial charge in [-0.2, -0.15) is 4.98 Å². The number of benzene rings is 1. The molecule has 3 aromatic rings. The molecule has 1 saturated carbocycles. The molecule has 2 atom stereocenters. The van der Waals surface area contributed by atoms with Crippen LogP contribution in [0.4, 0.5) is 5.95 Å². The van der Waals surface area contributed by atoms with E-state index in [1.165, 1.54) is 4.57 Å². The summed E-state index contributed by atoms with van der Waals surface area (Å²) in [7, 11) is 3.25. The normalized spacial score (nSPS) is 18.6. The van der Waals surface area contributed by atoms with Gasteiger partial charge in [0.1, 0.15) is 0 Å². The van der Waals surface area contributed by atoms with Gasteiger partial charge in [-0.15, -0.1) is 0 Å². The van der Waals surface area contributed by atoms with Gasteiger partial charge in [0.05, 0.1) is 22.5 Å². The number of carbonyl (C=O) groups is 1. The Bertz CT molecular complexity index is 1310. The third-order valence-corrected chi connectivity index (χ3v) is 6.54. The van der Waals surface area contributed by atoms with Crippen molar-refractivity contribution in [2.24, 2.45) is 20.0 Å². The molecule has 4 rings (SSSR count). The third kappa shape index (κ3) is 3.83. The molecule has 1 aliphatic carbocycles. The topological polar surface area (TPSA) is 111 Å². The minimum atomic E-state index is -0.804. The lowest BCUT2D eigenvalue weighted by Gasteiger charge is -2.13. The number of imidazole rings is 1. The Labute approximate surface area is 186 Å². The van der Waals surface area contributed by atoms with Gasteiger partial charge in [-0.05, 0) is 37.0 Å². The first kappa shape index (κ1) is 21.5. The van der Waals surface area contributed by atoms with Crippen molar-refractivity contribution in [3.05, 3.63) is 54.6 Å². The summed E-state index contributed by atoms with van der Waals surface area (Å²) in [4.78, 5) is 41.7. The summed E-state index contributed by atoms with van der Waals surface area (Å²) in [5.74, 6) is -0.771. The molecule has 0 aliphatic heterocycles. The fourth-order valence-electron chi connectivity index (χ4n) is 4.05. The van der Waals surface area contributed by atoms with E-state index >= 15 is 0 Å². The second kappa shape index (κ2) is 8.05. The summed E-state index contributed by atoms with van der Waals surface area (Å²) in [6.45, 7) is 0.0369. The maximum absolute atomic E-state index is 13.2. The summed E-state index contributed by atoms with van der Waals surface area (Å²) in [6.07, 6.45) is 1.77. The van der Waals surface area contributed by atoms with Crippen molar-refractivity contribution in [1.29, 1.82) is 0 Å². The van der Waals surface area contributed by atoms with Crippen LogP contribution in [0.2, 0.25) is 10.0 Å². The summed E-state index contributed by atoms with van der Waals surface area (Å²) in [5, 5.41) is 13.2. The number of nitrogens with one attached hydrogen (secondary N) is 1. The number of fused-ring (bicyclic) bond motifs is 1. The first-order chi connectivity index (χ1) is 14.7. The van der Waals surface area contributed by atoms with Crippen LogP contribution in [0.15, 0.2) is 27.8 Å². The largest absolute Gasteiger partial charge is 0.481 e. The maximum Gasteiger partial charge on any atom is 0.332 e. The van der Waals surface area contributed by atoms with E-state index in [9.17, 15) is 19.5 Å². The van der Waals surface area contributed by atoms with Crippen molar-refractivity contribution >= 4 is 46.3 Å². The number of aromatic nitrogens is 4. The predicted octanol–water partition coefficient (Wildman–Crippen LogP) is 2.45. The zero-order chi connectivity index (χ0) is 22.4. The number of carboxylic acids is 1. The van der Waals surface area contributed by atoms with Crippen LogP contribution in [0, 0.1) is 5.92 Å². The molecule has 1 fully saturated rings. The number of rotatable bonds is 5. The Morgan fingerprint density at radius 1 is 1.19 bits per heavy atom. The molecule has 164 valence electrons. The molecule has 11 heteroatoms. The first-order valence-corrected chi connectivity index (χ1v) is 10.5. The van der Waals surface area contributed by atoms with Crippen molar-refractivity contribution in [2.45, 2.75) is 31.8 Å². The number of aryl methyl sites for hydroxylation is 2. The average Bonchev–Trinajstić information content (AvgIpc) is 3.32. The Morgan fingerprint density at radius 2 is 1.94 bits per heavy atom. The van der Waals surface area contributed by atoms with Gasteiger partial charge in [0.2, 0.25) is 5.95 Å². The van der Waals surface area contributed by atoms with Crippen LogP contribution in [0.5, 0.6) is 0 Å². The van der Waals surface area contributed by atoms with Crippen LogP contribution in [0.25, 0.3) is 11.2 Å². The van der Waals surface area contributed by atoms with Gasteiger partial charge in [-0.3, -0.25) is 18.7 Å². The van der Waals surface area contributed by atoms with E-state index in [1.807, 2.05) is 0 Å². The quantitative estimate of drug-likeness (QED) is 0.598. The van der Waals surface area contributed by atoms with E-state index in [1.54, 1.807) is 36.9 Å². The van der Waals surface area contributed by atoms with Crippen LogP contribution in [0.3, 0.4) is 0 Å². The highest BCUT2D eigenvalue weighted by Gasteiger charge is 2.30. The highest BCUT2D eigenvalue weighted by atomic mass is 35.5. The molecule has 0 radical (unpaired) electrons. The molecule has 2 N–H and O–H groups in total. The molecule has 0 amide bonds. The van der Waals surface area contributed by atoms with Gasteiger partial charge in [0.15, 0.2) is 11.2 Å². The van der Waals surface area contributed by atoms with E-state index in [4.69, 9.17) is 23.2 Å². The Morgan fingerprint density at radius 3 is 2.58 bits per heavy atom. The van der Waals surface area contributed by atoms with Crippen LogP contribution in [0.1, 0.15) is 24.8 Å². The zero-order valence-corrected chi connectivity index (χ0v) is 18.4. The number of nitrogens with zero attached hydrogens (tertiary/aromatic N) is 4. The molecule has 2 heterocycles. The molecular formula is C20H21Cl2N5O4. The fraction of sp³-hybridized carbons (Fsp3) is 0.400. The summed E-state index contributed by atoms with van der Waals surface area (Å²) in [6, 6.07) is 4.88. The lowest BCUT2D eigenvalue weighted by molar-refractivity contribution is -0.141. The van der Waals surface area contributed by atoms with E-state index < -0.39 is 17.2 Å². The summed E-state index contributed by atoms with van der Waals surface area (Å²) < 4.78 is 4.06. The van der Waals surface area contributed by atoms with Crippen molar-refractivity contribution in [2.75, 3.05) is 5.32 Å². The van der Waals surface area contributed by atoms with E-state index in [0.717, 1.165) is 4.57 Å². The Kier molecular flexibility index (Phi) is 5.57. The van der Waals surface area contributed by atoms with E-state index in [0.29, 0.717) is 40.8 Å². The van der Waals surface area contributed by atoms with E-state index in [2.05, 4.69) is 10.3 Å². The van der Waals surface area contributed by atoms with Gasteiger partial charge in [0, 0.05) is 20.1 Å². The number of aliphatic carboxylic acids is 1. The number of hydrogen-bond donors (Lipinski definition) is 2. The van der Waals surface area contributed by atoms with Gasteiger partial charge in [-0.25, -0.2) is 4.79 Å². The van der Waals surface area contributed by atoms with Crippen LogP contribution < -0.4 is 16.6 Å². The zero-order valence-electron chi connectivity index (χ0n) is 16.9. The summed E-state index contributed by atoms with van der Waals surface area (Å²) in [5.41, 5.74) is 0.233. The smallest absolute Gasteiger partial charge is 0.332 e. The van der Waals surface area contributed by atoms with Gasteiger partial charge in [-0.1, -0.05) is 29.3 Å². The SMILES string of the molecule is Cn1c(N[C@@H]2CC[C@H](C(=O)O)C2)nc2c1c(=O)n(Cc1ccc(Cl)c(Cl)c1)c(=O)n2C. The van der Waals surface area contributed by atoms with Gasteiger partial charge < -0.3 is 15.0 Å². The van der Waals surface area contributed by atoms with Crippen molar-refractivity contribution in [3.8, 4) is 0 Å². The van der Waals surface area contributed by atoms with E-state index in [-0.39, 0.29) is 29.7 Å². The highest BCUT2D eigenvalue weighted by Crippen LogP contribution is 2.28.